The van der Waals surface area contributed by atoms with Crippen LogP contribution in [0.3, 0.4) is 0 Å². The number of phenolic OH excluding ortho intramolecular Hbond substituents is 1. The predicted octanol–water partition coefficient (Wildman–Crippen LogP) is 3.53. The Morgan fingerprint density at radius 3 is 2.65 bits per heavy atom. The molecule has 0 aromatic heterocycles. The Morgan fingerprint density at radius 2 is 1.88 bits per heavy atom. The SMILES string of the molecule is O=[N+]([O-])c1cc(CN2CCN3CCC[C@H]3[C@@H]2C2CCCCC2)ccc1O. The van der Waals surface area contributed by atoms with Crippen molar-refractivity contribution in [3.8, 4) is 5.75 Å². The lowest BCUT2D eigenvalue weighted by Gasteiger charge is -2.49. The van der Waals surface area contributed by atoms with Crippen LogP contribution in [0.1, 0.15) is 50.5 Å². The first-order chi connectivity index (χ1) is 12.6. The van der Waals surface area contributed by atoms with Crippen molar-refractivity contribution in [1.29, 1.82) is 0 Å². The van der Waals surface area contributed by atoms with E-state index in [1.807, 2.05) is 6.07 Å². The largest absolute Gasteiger partial charge is 0.502 e. The van der Waals surface area contributed by atoms with Gasteiger partial charge in [0.15, 0.2) is 5.75 Å². The Hall–Kier alpha value is -1.66. The number of piperazine rings is 1. The van der Waals surface area contributed by atoms with Crippen molar-refractivity contribution in [2.75, 3.05) is 19.6 Å². The van der Waals surface area contributed by atoms with Crippen molar-refractivity contribution < 1.29 is 10.0 Å². The molecule has 0 amide bonds. The summed E-state index contributed by atoms with van der Waals surface area (Å²) in [4.78, 5) is 15.9. The molecule has 2 aliphatic heterocycles. The van der Waals surface area contributed by atoms with Crippen LogP contribution in [-0.4, -0.2) is 51.5 Å². The van der Waals surface area contributed by atoms with Crippen molar-refractivity contribution >= 4 is 5.69 Å². The molecular weight excluding hydrogens is 330 g/mol. The summed E-state index contributed by atoms with van der Waals surface area (Å²) in [5.74, 6) is 0.505. The van der Waals surface area contributed by atoms with Crippen LogP contribution in [0.15, 0.2) is 18.2 Å². The highest BCUT2D eigenvalue weighted by atomic mass is 16.6. The third kappa shape index (κ3) is 3.45. The quantitative estimate of drug-likeness (QED) is 0.658. The standard InChI is InChI=1S/C20H29N3O3/c24-19-9-8-15(13-18(19)23(25)26)14-22-12-11-21-10-4-7-17(21)20(22)16-5-2-1-3-6-16/h8-9,13,16-17,20,24H,1-7,10-12,14H2/t17-,20-/m0/s1. The summed E-state index contributed by atoms with van der Waals surface area (Å²) in [5, 5.41) is 20.9. The Labute approximate surface area is 154 Å². The average Bonchev–Trinajstić information content (AvgIpc) is 3.12. The van der Waals surface area contributed by atoms with Crippen LogP contribution in [0.4, 0.5) is 5.69 Å². The number of phenols is 1. The van der Waals surface area contributed by atoms with Gasteiger partial charge < -0.3 is 5.11 Å². The highest BCUT2D eigenvalue weighted by Crippen LogP contribution is 2.38. The minimum Gasteiger partial charge on any atom is -0.502 e. The normalized spacial score (nSPS) is 28.2. The molecule has 6 heteroatoms. The van der Waals surface area contributed by atoms with Gasteiger partial charge in [0.2, 0.25) is 0 Å². The lowest BCUT2D eigenvalue weighted by atomic mass is 9.78. The van der Waals surface area contributed by atoms with E-state index >= 15 is 0 Å². The first kappa shape index (κ1) is 17.7. The van der Waals surface area contributed by atoms with Gasteiger partial charge in [-0.15, -0.1) is 0 Å². The summed E-state index contributed by atoms with van der Waals surface area (Å²) in [7, 11) is 0. The lowest BCUT2D eigenvalue weighted by Crippen LogP contribution is -2.59. The van der Waals surface area contributed by atoms with E-state index in [-0.39, 0.29) is 11.4 Å². The molecule has 2 atom stereocenters. The molecule has 1 aromatic carbocycles. The summed E-state index contributed by atoms with van der Waals surface area (Å²) < 4.78 is 0. The minimum atomic E-state index is -0.494. The van der Waals surface area contributed by atoms with Crippen LogP contribution in [0.2, 0.25) is 0 Å². The van der Waals surface area contributed by atoms with E-state index in [0.29, 0.717) is 12.1 Å². The van der Waals surface area contributed by atoms with Gasteiger partial charge in [0.1, 0.15) is 0 Å². The summed E-state index contributed by atoms with van der Waals surface area (Å²) in [6, 6.07) is 6.07. The van der Waals surface area contributed by atoms with E-state index in [4.69, 9.17) is 0 Å². The van der Waals surface area contributed by atoms with Gasteiger partial charge in [0, 0.05) is 37.8 Å². The van der Waals surface area contributed by atoms with Gasteiger partial charge in [0.05, 0.1) is 4.92 Å². The maximum Gasteiger partial charge on any atom is 0.311 e. The third-order valence-corrected chi connectivity index (χ3v) is 6.66. The highest BCUT2D eigenvalue weighted by molar-refractivity contribution is 5.47. The summed E-state index contributed by atoms with van der Waals surface area (Å²) in [5.41, 5.74) is 0.748. The Balaban J connectivity index is 1.57. The first-order valence-corrected chi connectivity index (χ1v) is 10.1. The van der Waals surface area contributed by atoms with Gasteiger partial charge in [-0.1, -0.05) is 25.3 Å². The van der Waals surface area contributed by atoms with E-state index in [1.165, 1.54) is 57.6 Å². The summed E-state index contributed by atoms with van der Waals surface area (Å²) >= 11 is 0. The van der Waals surface area contributed by atoms with Crippen molar-refractivity contribution in [2.24, 2.45) is 5.92 Å². The molecule has 26 heavy (non-hydrogen) atoms. The number of rotatable bonds is 4. The molecule has 1 aromatic rings. The zero-order valence-electron chi connectivity index (χ0n) is 15.3. The van der Waals surface area contributed by atoms with Crippen molar-refractivity contribution in [2.45, 2.75) is 63.6 Å². The van der Waals surface area contributed by atoms with Crippen molar-refractivity contribution in [1.82, 2.24) is 9.80 Å². The Bertz CT molecular complexity index is 660. The monoisotopic (exact) mass is 359 g/mol. The van der Waals surface area contributed by atoms with E-state index in [0.717, 1.165) is 31.1 Å². The van der Waals surface area contributed by atoms with E-state index < -0.39 is 4.92 Å². The predicted molar refractivity (Wildman–Crippen MR) is 100 cm³/mol. The van der Waals surface area contributed by atoms with Crippen molar-refractivity contribution in [3.63, 3.8) is 0 Å². The number of hydrogen-bond acceptors (Lipinski definition) is 5. The van der Waals surface area contributed by atoms with Gasteiger partial charge in [-0.25, -0.2) is 0 Å². The topological polar surface area (TPSA) is 69.9 Å². The Kier molecular flexibility index (Phi) is 5.14. The summed E-state index contributed by atoms with van der Waals surface area (Å²) in [6.45, 7) is 4.11. The number of aromatic hydroxyl groups is 1. The van der Waals surface area contributed by atoms with Gasteiger partial charge in [-0.05, 0) is 49.8 Å². The minimum absolute atomic E-state index is 0.184. The molecule has 2 saturated heterocycles. The van der Waals surface area contributed by atoms with Crippen LogP contribution in [0.25, 0.3) is 0 Å². The first-order valence-electron chi connectivity index (χ1n) is 10.1. The molecule has 4 rings (SSSR count). The number of benzene rings is 1. The van der Waals surface area contributed by atoms with Gasteiger partial charge in [-0.2, -0.15) is 0 Å². The molecule has 142 valence electrons. The van der Waals surface area contributed by atoms with E-state index in [2.05, 4.69) is 9.80 Å². The molecular formula is C20H29N3O3. The number of hydrogen-bond donors (Lipinski definition) is 1. The Morgan fingerprint density at radius 1 is 1.08 bits per heavy atom. The fourth-order valence-electron chi connectivity index (χ4n) is 5.49. The number of nitro groups is 1. The highest BCUT2D eigenvalue weighted by Gasteiger charge is 2.42. The van der Waals surface area contributed by atoms with Crippen LogP contribution in [-0.2, 0) is 6.54 Å². The third-order valence-electron chi connectivity index (χ3n) is 6.66. The molecule has 1 aliphatic carbocycles. The molecule has 0 bridgehead atoms. The molecule has 0 unspecified atom stereocenters. The fraction of sp³-hybridized carbons (Fsp3) is 0.700. The van der Waals surface area contributed by atoms with Crippen molar-refractivity contribution in [3.05, 3.63) is 33.9 Å². The molecule has 1 saturated carbocycles. The number of nitro benzene ring substituents is 1. The second kappa shape index (κ2) is 7.53. The maximum atomic E-state index is 11.2. The smallest absolute Gasteiger partial charge is 0.311 e. The molecule has 3 aliphatic rings. The molecule has 2 heterocycles. The molecule has 0 radical (unpaired) electrons. The molecule has 1 N–H and O–H groups in total. The average molecular weight is 359 g/mol. The second-order valence-corrected chi connectivity index (χ2v) is 8.18. The van der Waals surface area contributed by atoms with E-state index in [9.17, 15) is 15.2 Å². The number of nitrogens with zero attached hydrogens (tertiary/aromatic N) is 3. The van der Waals surface area contributed by atoms with Crippen LogP contribution in [0, 0.1) is 16.0 Å². The van der Waals surface area contributed by atoms with Crippen LogP contribution >= 0.6 is 0 Å². The second-order valence-electron chi connectivity index (χ2n) is 8.18. The fourth-order valence-corrected chi connectivity index (χ4v) is 5.49. The molecule has 3 fully saturated rings. The number of fused-ring (bicyclic) bond motifs is 1. The molecule has 6 nitrogen and oxygen atoms in total. The molecule has 0 spiro atoms. The maximum absolute atomic E-state index is 11.2. The van der Waals surface area contributed by atoms with E-state index in [1.54, 1.807) is 6.07 Å². The van der Waals surface area contributed by atoms with Gasteiger partial charge >= 0.3 is 5.69 Å². The van der Waals surface area contributed by atoms with Gasteiger partial charge in [-0.3, -0.25) is 19.9 Å². The van der Waals surface area contributed by atoms with Gasteiger partial charge in [0.25, 0.3) is 0 Å². The zero-order chi connectivity index (χ0) is 18.1. The van der Waals surface area contributed by atoms with Crippen LogP contribution in [0.5, 0.6) is 5.75 Å². The van der Waals surface area contributed by atoms with Crippen LogP contribution < -0.4 is 0 Å². The summed E-state index contributed by atoms with van der Waals surface area (Å²) in [6.07, 6.45) is 9.27. The lowest BCUT2D eigenvalue weighted by molar-refractivity contribution is -0.385. The zero-order valence-corrected chi connectivity index (χ0v) is 15.3.